The van der Waals surface area contributed by atoms with Gasteiger partial charge in [0.1, 0.15) is 22.3 Å². The summed E-state index contributed by atoms with van der Waals surface area (Å²) >= 11 is 0. The smallest absolute Gasteiger partial charge is 0.159 e. The Labute approximate surface area is 402 Å². The molecule has 0 bridgehead atoms. The summed E-state index contributed by atoms with van der Waals surface area (Å²) in [4.78, 5) is 4.62. The van der Waals surface area contributed by atoms with E-state index in [1.807, 2.05) is 24.3 Å². The van der Waals surface area contributed by atoms with Crippen LogP contribution in [0.4, 0.5) is 34.1 Å². The lowest BCUT2D eigenvalue weighted by molar-refractivity contribution is 0.657. The molecule has 0 fully saturated rings. The maximum absolute atomic E-state index is 6.85. The summed E-state index contributed by atoms with van der Waals surface area (Å²) in [5, 5.41) is 11.3. The first kappa shape index (κ1) is 39.0. The number of nitrogens with zero attached hydrogens (tertiary/aromatic N) is 2. The molecule has 3 aromatic heterocycles. The fourth-order valence-electron chi connectivity index (χ4n) is 11.7. The van der Waals surface area contributed by atoms with Crippen LogP contribution >= 0.6 is 0 Å². The van der Waals surface area contributed by atoms with E-state index in [1.165, 1.54) is 33.0 Å². The average molecular weight is 899 g/mol. The lowest BCUT2D eigenvalue weighted by atomic mass is 9.81. The zero-order valence-electron chi connectivity index (χ0n) is 38.4. The van der Waals surface area contributed by atoms with Crippen LogP contribution in [0.5, 0.6) is 0 Å². The zero-order valence-corrected chi connectivity index (χ0v) is 38.4. The molecule has 14 aromatic rings. The van der Waals surface area contributed by atoms with Crippen LogP contribution in [0.1, 0.15) is 25.0 Å². The van der Waals surface area contributed by atoms with Gasteiger partial charge < -0.3 is 23.1 Å². The van der Waals surface area contributed by atoms with E-state index in [0.717, 1.165) is 111 Å². The molecule has 15 rings (SSSR count). The normalized spacial score (nSPS) is 13.1. The molecule has 3 heterocycles. The van der Waals surface area contributed by atoms with Crippen LogP contribution in [0, 0.1) is 0 Å². The Morgan fingerprint density at radius 3 is 1.46 bits per heavy atom. The maximum Gasteiger partial charge on any atom is 0.159 e. The molecule has 0 aliphatic heterocycles. The first-order valence-corrected chi connectivity index (χ1v) is 24.0. The largest absolute Gasteiger partial charge is 0.456 e. The van der Waals surface area contributed by atoms with E-state index in [2.05, 4.69) is 218 Å². The average Bonchev–Trinajstić information content (AvgIpc) is 4.14. The molecule has 0 saturated carbocycles. The molecule has 5 heteroatoms. The van der Waals surface area contributed by atoms with Gasteiger partial charge in [-0.15, -0.1) is 0 Å². The van der Waals surface area contributed by atoms with E-state index < -0.39 is 0 Å². The van der Waals surface area contributed by atoms with Gasteiger partial charge in [0.05, 0.1) is 11.4 Å². The molecule has 0 radical (unpaired) electrons. The lowest BCUT2D eigenvalue weighted by Gasteiger charge is -2.26. The number of anilines is 6. The van der Waals surface area contributed by atoms with Crippen molar-refractivity contribution in [2.24, 2.45) is 0 Å². The van der Waals surface area contributed by atoms with E-state index >= 15 is 0 Å². The summed E-state index contributed by atoms with van der Waals surface area (Å²) in [6.07, 6.45) is 0. The standard InChI is InChI=1S/C65H42N2O3/c1-65(2)53-31-32-59-62(52-36-40-28-30-46(34-42(40)38-60(52)68-59)67(44-17-7-4-8-18-44)56-24-14-22-50-48-20-10-12-26-58(48)70-64(50)56)61(53)51-35-39-27-29-45(33-41(39)37-54(51)65)66(43-15-5-3-6-16-43)55-23-13-21-49-47-19-9-11-25-57(47)69-63(49)55/h3-38H,1-2H3. The topological polar surface area (TPSA) is 45.9 Å². The highest BCUT2D eigenvalue weighted by Gasteiger charge is 2.38. The molecule has 330 valence electrons. The van der Waals surface area contributed by atoms with Crippen LogP contribution in [0.2, 0.25) is 0 Å². The van der Waals surface area contributed by atoms with Crippen molar-refractivity contribution in [3.8, 4) is 11.1 Å². The van der Waals surface area contributed by atoms with Gasteiger partial charge in [0.15, 0.2) is 11.2 Å². The van der Waals surface area contributed by atoms with Crippen LogP contribution in [0.3, 0.4) is 0 Å². The number of fused-ring (bicyclic) bond motifs is 15. The predicted octanol–water partition coefficient (Wildman–Crippen LogP) is 18.9. The highest BCUT2D eigenvalue weighted by atomic mass is 16.3. The SMILES string of the molecule is CC1(C)c2cc3cc(N(c4ccccc4)c4cccc5c4oc4ccccc45)ccc3cc2-c2c1ccc1oc3cc4cc(N(c5ccccc5)c5cccc6c5oc5ccccc56)ccc4cc3c21. The summed E-state index contributed by atoms with van der Waals surface area (Å²) in [5.41, 5.74) is 16.3. The van der Waals surface area contributed by atoms with Crippen LogP contribution in [0.25, 0.3) is 98.5 Å². The molecule has 70 heavy (non-hydrogen) atoms. The monoisotopic (exact) mass is 898 g/mol. The van der Waals surface area contributed by atoms with E-state index in [4.69, 9.17) is 13.3 Å². The molecule has 1 aliphatic rings. The molecule has 1 aliphatic carbocycles. The Morgan fingerprint density at radius 1 is 0.329 bits per heavy atom. The first-order chi connectivity index (χ1) is 34.4. The third kappa shape index (κ3) is 5.60. The van der Waals surface area contributed by atoms with Crippen LogP contribution < -0.4 is 9.80 Å². The van der Waals surface area contributed by atoms with E-state index in [-0.39, 0.29) is 5.41 Å². The summed E-state index contributed by atoms with van der Waals surface area (Å²) < 4.78 is 20.1. The van der Waals surface area contributed by atoms with Crippen LogP contribution in [0.15, 0.2) is 232 Å². The second-order valence-electron chi connectivity index (χ2n) is 19.2. The third-order valence-corrected chi connectivity index (χ3v) is 14.9. The van der Waals surface area contributed by atoms with Crippen molar-refractivity contribution in [2.45, 2.75) is 19.3 Å². The fourth-order valence-corrected chi connectivity index (χ4v) is 11.7. The molecule has 0 unspecified atom stereocenters. The molecule has 0 amide bonds. The summed E-state index contributed by atoms with van der Waals surface area (Å²) in [6.45, 7) is 4.72. The highest BCUT2D eigenvalue weighted by molar-refractivity contribution is 6.19. The van der Waals surface area contributed by atoms with Gasteiger partial charge in [0.25, 0.3) is 0 Å². The Hall–Kier alpha value is -9.06. The van der Waals surface area contributed by atoms with Gasteiger partial charge in [-0.2, -0.15) is 0 Å². The molecule has 0 saturated heterocycles. The van der Waals surface area contributed by atoms with E-state index in [9.17, 15) is 0 Å². The number of benzene rings is 11. The van der Waals surface area contributed by atoms with Crippen molar-refractivity contribution in [3.05, 3.63) is 230 Å². The molecular weight excluding hydrogens is 857 g/mol. The molecular formula is C65H42N2O3. The quantitative estimate of drug-likeness (QED) is 0.166. The van der Waals surface area contributed by atoms with Gasteiger partial charge in [-0.05, 0) is 147 Å². The number of furan rings is 3. The molecule has 0 spiro atoms. The van der Waals surface area contributed by atoms with Gasteiger partial charge in [0.2, 0.25) is 0 Å². The van der Waals surface area contributed by atoms with Gasteiger partial charge in [-0.3, -0.25) is 0 Å². The minimum atomic E-state index is -0.249. The molecule has 5 nitrogen and oxygen atoms in total. The number of hydrogen-bond donors (Lipinski definition) is 0. The molecule has 0 N–H and O–H groups in total. The van der Waals surface area contributed by atoms with Gasteiger partial charge in [0, 0.05) is 60.5 Å². The van der Waals surface area contributed by atoms with Crippen LogP contribution in [-0.2, 0) is 5.41 Å². The molecule has 11 aromatic carbocycles. The summed E-state index contributed by atoms with van der Waals surface area (Å²) in [5.74, 6) is 0. The zero-order chi connectivity index (χ0) is 46.2. The predicted molar refractivity (Wildman–Crippen MR) is 290 cm³/mol. The summed E-state index contributed by atoms with van der Waals surface area (Å²) in [6, 6.07) is 78.0. The van der Waals surface area contributed by atoms with Crippen LogP contribution in [-0.4, -0.2) is 0 Å². The summed E-state index contributed by atoms with van der Waals surface area (Å²) in [7, 11) is 0. The first-order valence-electron chi connectivity index (χ1n) is 24.0. The number of para-hydroxylation sites is 6. The van der Waals surface area contributed by atoms with Crippen molar-refractivity contribution in [1.82, 2.24) is 0 Å². The highest BCUT2D eigenvalue weighted by Crippen LogP contribution is 2.55. The Kier molecular flexibility index (Phi) is 8.06. The van der Waals surface area contributed by atoms with Crippen molar-refractivity contribution < 1.29 is 13.3 Å². The number of hydrogen-bond acceptors (Lipinski definition) is 5. The van der Waals surface area contributed by atoms with Crippen molar-refractivity contribution in [2.75, 3.05) is 9.80 Å². The number of rotatable bonds is 6. The van der Waals surface area contributed by atoms with Gasteiger partial charge in [-0.1, -0.05) is 129 Å². The molecule has 0 atom stereocenters. The minimum absolute atomic E-state index is 0.249. The Bertz CT molecular complexity index is 4460. The van der Waals surface area contributed by atoms with Crippen molar-refractivity contribution >= 4 is 121 Å². The maximum atomic E-state index is 6.85. The van der Waals surface area contributed by atoms with Gasteiger partial charge >= 0.3 is 0 Å². The lowest BCUT2D eigenvalue weighted by Crippen LogP contribution is -2.15. The van der Waals surface area contributed by atoms with E-state index in [1.54, 1.807) is 0 Å². The third-order valence-electron chi connectivity index (χ3n) is 14.9. The minimum Gasteiger partial charge on any atom is -0.456 e. The van der Waals surface area contributed by atoms with Gasteiger partial charge in [-0.25, -0.2) is 0 Å². The van der Waals surface area contributed by atoms with Crippen molar-refractivity contribution in [3.63, 3.8) is 0 Å². The second-order valence-corrected chi connectivity index (χ2v) is 19.2. The fraction of sp³-hybridized carbons (Fsp3) is 0.0462. The van der Waals surface area contributed by atoms with Crippen molar-refractivity contribution in [1.29, 1.82) is 0 Å². The van der Waals surface area contributed by atoms with E-state index in [0.29, 0.717) is 0 Å². The second kappa shape index (κ2) is 14.5. The Balaban J connectivity index is 0.867. The Morgan fingerprint density at radius 2 is 0.857 bits per heavy atom.